The number of benzene rings is 1. The minimum absolute atomic E-state index is 0.0230. The number of carbonyl (C=O) groups is 1. The third-order valence-corrected chi connectivity index (χ3v) is 3.92. The van der Waals surface area contributed by atoms with Gasteiger partial charge in [-0.1, -0.05) is 6.07 Å². The smallest absolute Gasteiger partial charge is 0.435 e. The average Bonchev–Trinajstić information content (AvgIpc) is 3.01. The van der Waals surface area contributed by atoms with Crippen LogP contribution in [0.5, 0.6) is 11.5 Å². The van der Waals surface area contributed by atoms with Crippen molar-refractivity contribution in [3.05, 3.63) is 41.2 Å². The van der Waals surface area contributed by atoms with E-state index in [-0.39, 0.29) is 25.4 Å². The van der Waals surface area contributed by atoms with E-state index in [9.17, 15) is 18.0 Å². The fourth-order valence-electron chi connectivity index (χ4n) is 2.58. The summed E-state index contributed by atoms with van der Waals surface area (Å²) in [5.41, 5.74) is 0.228. The SMILES string of the molecule is CCOc1ccc(CNC(=O)CCn2nc(C(F)(F)F)cc2C)cc1OCC. The Bertz CT molecular complexity index is 803. The number of hydrogen-bond donors (Lipinski definition) is 1. The highest BCUT2D eigenvalue weighted by atomic mass is 19.4. The molecule has 0 saturated carbocycles. The highest BCUT2D eigenvalue weighted by Crippen LogP contribution is 2.29. The Balaban J connectivity index is 1.90. The van der Waals surface area contributed by atoms with Gasteiger partial charge >= 0.3 is 6.18 Å². The molecule has 0 unspecified atom stereocenters. The van der Waals surface area contributed by atoms with Gasteiger partial charge in [-0.2, -0.15) is 18.3 Å². The van der Waals surface area contributed by atoms with E-state index >= 15 is 0 Å². The number of amides is 1. The number of rotatable bonds is 9. The molecule has 0 saturated heterocycles. The zero-order valence-electron chi connectivity index (χ0n) is 16.1. The first-order chi connectivity index (χ1) is 13.2. The van der Waals surface area contributed by atoms with Crippen molar-refractivity contribution in [3.63, 3.8) is 0 Å². The molecule has 1 N–H and O–H groups in total. The van der Waals surface area contributed by atoms with Crippen LogP contribution in [0.15, 0.2) is 24.3 Å². The Morgan fingerprint density at radius 2 is 1.82 bits per heavy atom. The zero-order valence-corrected chi connectivity index (χ0v) is 16.1. The second-order valence-corrected chi connectivity index (χ2v) is 6.07. The molecule has 0 atom stereocenters. The highest BCUT2D eigenvalue weighted by Gasteiger charge is 2.34. The minimum atomic E-state index is -4.50. The summed E-state index contributed by atoms with van der Waals surface area (Å²) < 4.78 is 50.3. The summed E-state index contributed by atoms with van der Waals surface area (Å²) >= 11 is 0. The first kappa shape index (κ1) is 21.6. The van der Waals surface area contributed by atoms with Crippen LogP contribution < -0.4 is 14.8 Å². The molecule has 154 valence electrons. The zero-order chi connectivity index (χ0) is 20.7. The topological polar surface area (TPSA) is 65.4 Å². The van der Waals surface area contributed by atoms with Crippen LogP contribution in [0, 0.1) is 6.92 Å². The first-order valence-corrected chi connectivity index (χ1v) is 9.01. The summed E-state index contributed by atoms with van der Waals surface area (Å²) in [6, 6.07) is 6.36. The van der Waals surface area contributed by atoms with Gasteiger partial charge in [-0.05, 0) is 44.5 Å². The maximum Gasteiger partial charge on any atom is 0.435 e. The van der Waals surface area contributed by atoms with E-state index in [1.54, 1.807) is 12.1 Å². The van der Waals surface area contributed by atoms with Crippen LogP contribution >= 0.6 is 0 Å². The number of alkyl halides is 3. The molecular weight excluding hydrogens is 375 g/mol. The van der Waals surface area contributed by atoms with Gasteiger partial charge in [0.05, 0.1) is 13.2 Å². The van der Waals surface area contributed by atoms with Gasteiger partial charge < -0.3 is 14.8 Å². The predicted octanol–water partition coefficient (Wildman–Crippen LogP) is 3.71. The van der Waals surface area contributed by atoms with E-state index in [0.29, 0.717) is 30.4 Å². The Labute approximate surface area is 161 Å². The Hall–Kier alpha value is -2.71. The standard InChI is InChI=1S/C19H24F3N3O3/c1-4-27-15-7-6-14(11-16(15)28-5-2)12-23-18(26)8-9-25-13(3)10-17(24-25)19(20,21)22/h6-7,10-11H,4-5,8-9,12H2,1-3H3,(H,23,26). The minimum Gasteiger partial charge on any atom is -0.490 e. The lowest BCUT2D eigenvalue weighted by molar-refractivity contribution is -0.141. The maximum absolute atomic E-state index is 12.7. The maximum atomic E-state index is 12.7. The number of hydrogen-bond acceptors (Lipinski definition) is 4. The largest absolute Gasteiger partial charge is 0.490 e. The monoisotopic (exact) mass is 399 g/mol. The second-order valence-electron chi connectivity index (χ2n) is 6.07. The van der Waals surface area contributed by atoms with Crippen molar-refractivity contribution in [1.29, 1.82) is 0 Å². The molecule has 0 fully saturated rings. The van der Waals surface area contributed by atoms with Gasteiger partial charge in [-0.15, -0.1) is 0 Å². The lowest BCUT2D eigenvalue weighted by Gasteiger charge is -2.13. The van der Waals surface area contributed by atoms with E-state index in [0.717, 1.165) is 11.6 Å². The van der Waals surface area contributed by atoms with Crippen molar-refractivity contribution in [2.24, 2.45) is 0 Å². The quantitative estimate of drug-likeness (QED) is 0.698. The number of halogens is 3. The lowest BCUT2D eigenvalue weighted by Crippen LogP contribution is -2.24. The van der Waals surface area contributed by atoms with Crippen molar-refractivity contribution in [1.82, 2.24) is 15.1 Å². The van der Waals surface area contributed by atoms with Crippen LogP contribution in [-0.2, 0) is 24.1 Å². The van der Waals surface area contributed by atoms with E-state index in [4.69, 9.17) is 9.47 Å². The summed E-state index contributed by atoms with van der Waals surface area (Å²) in [5, 5.41) is 6.26. The van der Waals surface area contributed by atoms with Crippen LogP contribution in [0.3, 0.4) is 0 Å². The van der Waals surface area contributed by atoms with Gasteiger partial charge in [0, 0.05) is 25.2 Å². The molecule has 0 aliphatic rings. The number of aromatic nitrogens is 2. The van der Waals surface area contributed by atoms with Gasteiger partial charge in [0.15, 0.2) is 17.2 Å². The summed E-state index contributed by atoms with van der Waals surface area (Å²) in [6.45, 7) is 6.61. The number of carbonyl (C=O) groups excluding carboxylic acids is 1. The Kier molecular flexibility index (Phi) is 7.31. The van der Waals surface area contributed by atoms with E-state index in [1.165, 1.54) is 11.6 Å². The van der Waals surface area contributed by atoms with Crippen LogP contribution in [0.25, 0.3) is 0 Å². The van der Waals surface area contributed by atoms with Crippen LogP contribution in [0.4, 0.5) is 13.2 Å². The molecule has 6 nitrogen and oxygen atoms in total. The third-order valence-electron chi connectivity index (χ3n) is 3.92. The van der Waals surface area contributed by atoms with Crippen molar-refractivity contribution in [3.8, 4) is 11.5 Å². The summed E-state index contributed by atoms with van der Waals surface area (Å²) in [6.07, 6.45) is -4.47. The number of nitrogens with one attached hydrogen (secondary N) is 1. The summed E-state index contributed by atoms with van der Waals surface area (Å²) in [7, 11) is 0. The van der Waals surface area contributed by atoms with Gasteiger partial charge in [0.1, 0.15) is 0 Å². The molecule has 2 rings (SSSR count). The van der Waals surface area contributed by atoms with Crippen molar-refractivity contribution in [2.75, 3.05) is 13.2 Å². The molecule has 1 aromatic carbocycles. The van der Waals surface area contributed by atoms with Crippen molar-refractivity contribution >= 4 is 5.91 Å². The van der Waals surface area contributed by atoms with Crippen LogP contribution in [0.1, 0.15) is 37.2 Å². The molecule has 28 heavy (non-hydrogen) atoms. The molecule has 1 aromatic heterocycles. The van der Waals surface area contributed by atoms with Gasteiger partial charge in [-0.3, -0.25) is 9.48 Å². The molecule has 0 spiro atoms. The van der Waals surface area contributed by atoms with E-state index in [2.05, 4.69) is 10.4 Å². The highest BCUT2D eigenvalue weighted by molar-refractivity contribution is 5.75. The molecular formula is C19H24F3N3O3. The normalized spacial score (nSPS) is 11.4. The third kappa shape index (κ3) is 5.90. The van der Waals surface area contributed by atoms with E-state index < -0.39 is 11.9 Å². The molecule has 0 bridgehead atoms. The molecule has 2 aromatic rings. The lowest BCUT2D eigenvalue weighted by atomic mass is 10.2. The molecule has 1 heterocycles. The summed E-state index contributed by atoms with van der Waals surface area (Å²) in [5.74, 6) is 0.951. The number of ether oxygens (including phenoxy) is 2. The summed E-state index contributed by atoms with van der Waals surface area (Å²) in [4.78, 5) is 12.1. The van der Waals surface area contributed by atoms with Gasteiger partial charge in [0.25, 0.3) is 0 Å². The first-order valence-electron chi connectivity index (χ1n) is 9.01. The molecule has 0 aliphatic heterocycles. The number of aryl methyl sites for hydroxylation is 2. The second kappa shape index (κ2) is 9.48. The van der Waals surface area contributed by atoms with Crippen molar-refractivity contribution in [2.45, 2.75) is 46.5 Å². The predicted molar refractivity (Wildman–Crippen MR) is 97.2 cm³/mol. The molecule has 1 amide bonds. The Morgan fingerprint density at radius 1 is 1.14 bits per heavy atom. The molecule has 0 radical (unpaired) electrons. The Morgan fingerprint density at radius 3 is 2.43 bits per heavy atom. The molecule has 9 heteroatoms. The van der Waals surface area contributed by atoms with Crippen LogP contribution in [-0.4, -0.2) is 28.9 Å². The molecule has 0 aliphatic carbocycles. The fourth-order valence-corrected chi connectivity index (χ4v) is 2.58. The number of nitrogens with zero attached hydrogens (tertiary/aromatic N) is 2. The van der Waals surface area contributed by atoms with E-state index in [1.807, 2.05) is 19.9 Å². The average molecular weight is 399 g/mol. The fraction of sp³-hybridized carbons (Fsp3) is 0.474. The van der Waals surface area contributed by atoms with Crippen LogP contribution in [0.2, 0.25) is 0 Å². The van der Waals surface area contributed by atoms with Crippen molar-refractivity contribution < 1.29 is 27.4 Å². The van der Waals surface area contributed by atoms with Gasteiger partial charge in [-0.25, -0.2) is 0 Å². The van der Waals surface area contributed by atoms with Gasteiger partial charge in [0.2, 0.25) is 5.91 Å².